The van der Waals surface area contributed by atoms with Gasteiger partial charge in [-0.15, -0.1) is 13.2 Å². The Hall–Kier alpha value is -2.11. The molecule has 1 unspecified atom stereocenters. The van der Waals surface area contributed by atoms with Crippen LogP contribution in [0.25, 0.3) is 0 Å². The molecule has 2 aromatic rings. The van der Waals surface area contributed by atoms with Crippen LogP contribution in [0.1, 0.15) is 54.9 Å². The molecule has 158 valence electrons. The molecule has 29 heavy (non-hydrogen) atoms. The van der Waals surface area contributed by atoms with Gasteiger partial charge >= 0.3 is 6.36 Å². The van der Waals surface area contributed by atoms with Crippen LogP contribution in [0.4, 0.5) is 22.0 Å². The molecule has 1 aliphatic carbocycles. The summed E-state index contributed by atoms with van der Waals surface area (Å²) in [5, 5.41) is 0. The SMILES string of the molecule is CCCCc1ccc(CCC2CCc3c(ccc(OC(F)(F)F)c3F)C2)c(F)c1. The van der Waals surface area contributed by atoms with E-state index in [-0.39, 0.29) is 11.7 Å². The molecule has 0 fully saturated rings. The third kappa shape index (κ3) is 5.71. The quantitative estimate of drug-likeness (QED) is 0.448. The maximum atomic E-state index is 14.4. The van der Waals surface area contributed by atoms with Crippen molar-refractivity contribution in [2.24, 2.45) is 5.92 Å². The highest BCUT2D eigenvalue weighted by molar-refractivity contribution is 5.39. The Morgan fingerprint density at radius 3 is 2.55 bits per heavy atom. The molecule has 0 saturated carbocycles. The molecule has 0 aliphatic heterocycles. The molecule has 0 spiro atoms. The topological polar surface area (TPSA) is 9.23 Å². The zero-order valence-corrected chi connectivity index (χ0v) is 16.4. The maximum absolute atomic E-state index is 14.4. The van der Waals surface area contributed by atoms with Gasteiger partial charge in [0, 0.05) is 0 Å². The molecule has 0 bridgehead atoms. The van der Waals surface area contributed by atoms with Gasteiger partial charge in [0.2, 0.25) is 0 Å². The Kier molecular flexibility index (Phi) is 6.81. The largest absolute Gasteiger partial charge is 0.573 e. The monoisotopic (exact) mass is 412 g/mol. The van der Waals surface area contributed by atoms with Gasteiger partial charge in [0.25, 0.3) is 0 Å². The third-order valence-corrected chi connectivity index (χ3v) is 5.60. The van der Waals surface area contributed by atoms with Gasteiger partial charge in [-0.1, -0.05) is 31.5 Å². The highest BCUT2D eigenvalue weighted by Crippen LogP contribution is 2.35. The van der Waals surface area contributed by atoms with E-state index in [1.807, 2.05) is 12.1 Å². The van der Waals surface area contributed by atoms with E-state index >= 15 is 0 Å². The lowest BCUT2D eigenvalue weighted by Crippen LogP contribution is -2.20. The molecule has 0 radical (unpaired) electrons. The van der Waals surface area contributed by atoms with Crippen LogP contribution >= 0.6 is 0 Å². The van der Waals surface area contributed by atoms with Crippen molar-refractivity contribution in [2.45, 2.75) is 64.7 Å². The molecule has 1 aliphatic rings. The Balaban J connectivity index is 1.61. The summed E-state index contributed by atoms with van der Waals surface area (Å²) in [5.74, 6) is -1.64. The zero-order chi connectivity index (χ0) is 21.0. The van der Waals surface area contributed by atoms with Crippen molar-refractivity contribution in [2.75, 3.05) is 0 Å². The molecular weight excluding hydrogens is 387 g/mol. The molecule has 2 aromatic carbocycles. The van der Waals surface area contributed by atoms with Crippen LogP contribution in [0.3, 0.4) is 0 Å². The van der Waals surface area contributed by atoms with Gasteiger partial charge in [0.15, 0.2) is 11.6 Å². The van der Waals surface area contributed by atoms with Gasteiger partial charge in [-0.25, -0.2) is 8.78 Å². The van der Waals surface area contributed by atoms with Crippen LogP contribution in [0, 0.1) is 17.6 Å². The highest BCUT2D eigenvalue weighted by Gasteiger charge is 2.33. The van der Waals surface area contributed by atoms with Crippen molar-refractivity contribution in [1.29, 1.82) is 0 Å². The fourth-order valence-electron chi connectivity index (χ4n) is 4.00. The first-order valence-corrected chi connectivity index (χ1v) is 10.1. The van der Waals surface area contributed by atoms with Crippen molar-refractivity contribution in [3.8, 4) is 5.75 Å². The van der Waals surface area contributed by atoms with Gasteiger partial charge in [-0.2, -0.15) is 0 Å². The van der Waals surface area contributed by atoms with E-state index in [2.05, 4.69) is 11.7 Å². The molecule has 3 rings (SSSR count). The van der Waals surface area contributed by atoms with Crippen molar-refractivity contribution < 1.29 is 26.7 Å². The number of benzene rings is 2. The van der Waals surface area contributed by atoms with E-state index in [0.29, 0.717) is 42.4 Å². The molecule has 0 amide bonds. The lowest BCUT2D eigenvalue weighted by Gasteiger charge is -2.26. The molecule has 1 nitrogen and oxygen atoms in total. The van der Waals surface area contributed by atoms with Crippen LogP contribution in [0.15, 0.2) is 30.3 Å². The average Bonchev–Trinajstić information content (AvgIpc) is 2.67. The van der Waals surface area contributed by atoms with Gasteiger partial charge in [-0.05, 0) is 85.3 Å². The summed E-state index contributed by atoms with van der Waals surface area (Å²) in [4.78, 5) is 0. The highest BCUT2D eigenvalue weighted by atomic mass is 19.4. The second kappa shape index (κ2) is 9.14. The summed E-state index contributed by atoms with van der Waals surface area (Å²) < 4.78 is 69.6. The molecule has 0 N–H and O–H groups in total. The number of unbranched alkanes of at least 4 members (excludes halogenated alkanes) is 1. The van der Waals surface area contributed by atoms with E-state index in [1.54, 1.807) is 6.07 Å². The van der Waals surface area contributed by atoms with Crippen LogP contribution in [0.2, 0.25) is 0 Å². The fourth-order valence-corrected chi connectivity index (χ4v) is 4.00. The Labute approximate surface area is 167 Å². The minimum atomic E-state index is -4.91. The van der Waals surface area contributed by atoms with E-state index in [1.165, 1.54) is 6.07 Å². The summed E-state index contributed by atoms with van der Waals surface area (Å²) in [6.07, 6.45) is 1.01. The number of fused-ring (bicyclic) bond motifs is 1. The van der Waals surface area contributed by atoms with Gasteiger partial charge in [0.05, 0.1) is 0 Å². The second-order valence-corrected chi connectivity index (χ2v) is 7.74. The number of halogens is 5. The van der Waals surface area contributed by atoms with Crippen molar-refractivity contribution in [1.82, 2.24) is 0 Å². The molecule has 0 aromatic heterocycles. The lowest BCUT2D eigenvalue weighted by molar-refractivity contribution is -0.275. The third-order valence-electron chi connectivity index (χ3n) is 5.60. The Morgan fingerprint density at radius 2 is 1.86 bits per heavy atom. The normalized spacial score (nSPS) is 16.6. The maximum Gasteiger partial charge on any atom is 0.573 e. The van der Waals surface area contributed by atoms with E-state index in [0.717, 1.165) is 37.3 Å². The molecule has 0 saturated heterocycles. The number of hydrogen-bond donors (Lipinski definition) is 0. The predicted molar refractivity (Wildman–Crippen MR) is 102 cm³/mol. The first kappa shape index (κ1) is 21.6. The van der Waals surface area contributed by atoms with Crippen molar-refractivity contribution >= 4 is 0 Å². The summed E-state index contributed by atoms with van der Waals surface area (Å²) in [6, 6.07) is 7.98. The number of hydrogen-bond acceptors (Lipinski definition) is 1. The number of rotatable bonds is 7. The first-order chi connectivity index (χ1) is 13.8. The summed E-state index contributed by atoms with van der Waals surface area (Å²) >= 11 is 0. The van der Waals surface area contributed by atoms with E-state index < -0.39 is 17.9 Å². The minimum Gasteiger partial charge on any atom is -0.403 e. The summed E-state index contributed by atoms with van der Waals surface area (Å²) in [6.45, 7) is 2.10. The molecule has 1 atom stereocenters. The number of ether oxygens (including phenoxy) is 1. The standard InChI is InChI=1S/C23H25F5O/c1-2-3-4-15-5-8-17(20(24)14-15)9-6-16-7-11-19-18(13-16)10-12-21(22(19)25)29-23(26,27)28/h5,8,10,12,14,16H,2-4,6-7,9,11,13H2,1H3. The zero-order valence-electron chi connectivity index (χ0n) is 16.4. The first-order valence-electron chi connectivity index (χ1n) is 10.1. The van der Waals surface area contributed by atoms with Crippen LogP contribution in [-0.2, 0) is 25.7 Å². The van der Waals surface area contributed by atoms with Gasteiger partial charge < -0.3 is 4.74 Å². The average molecular weight is 412 g/mol. The van der Waals surface area contributed by atoms with E-state index in [4.69, 9.17) is 0 Å². The van der Waals surface area contributed by atoms with Crippen LogP contribution in [-0.4, -0.2) is 6.36 Å². The number of alkyl halides is 3. The Bertz CT molecular complexity index is 844. The van der Waals surface area contributed by atoms with Crippen molar-refractivity contribution in [3.63, 3.8) is 0 Å². The fraction of sp³-hybridized carbons (Fsp3) is 0.478. The van der Waals surface area contributed by atoms with Crippen LogP contribution < -0.4 is 4.74 Å². The second-order valence-electron chi connectivity index (χ2n) is 7.74. The summed E-state index contributed by atoms with van der Waals surface area (Å²) in [5.41, 5.74) is 2.70. The minimum absolute atomic E-state index is 0.185. The van der Waals surface area contributed by atoms with Gasteiger partial charge in [-0.3, -0.25) is 0 Å². The van der Waals surface area contributed by atoms with Crippen molar-refractivity contribution in [3.05, 3.63) is 64.2 Å². The number of aryl methyl sites for hydroxylation is 2. The molecule has 6 heteroatoms. The Morgan fingerprint density at radius 1 is 1.07 bits per heavy atom. The lowest BCUT2D eigenvalue weighted by atomic mass is 9.80. The molecular formula is C23H25F5O. The van der Waals surface area contributed by atoms with Crippen LogP contribution in [0.5, 0.6) is 5.75 Å². The predicted octanol–water partition coefficient (Wildman–Crippen LogP) is 6.94. The summed E-state index contributed by atoms with van der Waals surface area (Å²) in [7, 11) is 0. The van der Waals surface area contributed by atoms with E-state index in [9.17, 15) is 22.0 Å². The van der Waals surface area contributed by atoms with Gasteiger partial charge in [0.1, 0.15) is 5.82 Å². The molecule has 0 heterocycles. The smallest absolute Gasteiger partial charge is 0.403 e.